The largest absolute Gasteiger partial charge is 0.465 e. The van der Waals surface area contributed by atoms with Gasteiger partial charge in [0.2, 0.25) is 15.9 Å². The summed E-state index contributed by atoms with van der Waals surface area (Å²) in [4.78, 5) is 27.6. The highest BCUT2D eigenvalue weighted by Gasteiger charge is 2.35. The van der Waals surface area contributed by atoms with Gasteiger partial charge in [0, 0.05) is 19.6 Å². The van der Waals surface area contributed by atoms with Gasteiger partial charge >= 0.3 is 6.09 Å². The molecule has 0 saturated heterocycles. The summed E-state index contributed by atoms with van der Waals surface area (Å²) in [6, 6.07) is 22.0. The predicted octanol–water partition coefficient (Wildman–Crippen LogP) is 4.82. The van der Waals surface area contributed by atoms with Crippen LogP contribution in [0.4, 0.5) is 4.79 Å². The molecule has 3 aromatic carbocycles. The summed E-state index contributed by atoms with van der Waals surface area (Å²) in [5.74, 6) is -0.684. The molecule has 0 unspecified atom stereocenters. The van der Waals surface area contributed by atoms with Crippen LogP contribution in [0.2, 0.25) is 0 Å². The quantitative estimate of drug-likeness (QED) is 0.0913. The number of aliphatic hydroxyl groups excluding tert-OH is 1. The maximum absolute atomic E-state index is 14.0. The third kappa shape index (κ3) is 11.2. The van der Waals surface area contributed by atoms with E-state index in [0.717, 1.165) is 16.0 Å². The SMILES string of the molecule is CC(C)C[C@@H](C(=O)N[C@@H](Cc1ccccc1)[C@H](O)CN(CC(C)C)S(=O)(=O)c1ccc(C=NO)cc1)N(Cc1ccccc1)C(=O)O. The second kappa shape index (κ2) is 17.6. The number of nitrogens with zero attached hydrogens (tertiary/aromatic N) is 3. The zero-order chi connectivity index (χ0) is 34.6. The van der Waals surface area contributed by atoms with Crippen molar-refractivity contribution in [1.29, 1.82) is 0 Å². The minimum atomic E-state index is -4.08. The van der Waals surface area contributed by atoms with Crippen LogP contribution in [0.15, 0.2) is 95.0 Å². The molecule has 0 aromatic heterocycles. The molecule has 0 heterocycles. The molecule has 0 fully saturated rings. The van der Waals surface area contributed by atoms with Crippen molar-refractivity contribution < 1.29 is 33.4 Å². The number of carboxylic acid groups (broad SMARTS) is 1. The molecule has 4 N–H and O–H groups in total. The highest BCUT2D eigenvalue weighted by Crippen LogP contribution is 2.21. The number of hydrogen-bond donors (Lipinski definition) is 4. The number of amides is 2. The summed E-state index contributed by atoms with van der Waals surface area (Å²) < 4.78 is 28.8. The molecule has 2 amide bonds. The number of rotatable bonds is 17. The van der Waals surface area contributed by atoms with Crippen molar-refractivity contribution in [3.8, 4) is 0 Å². The van der Waals surface area contributed by atoms with E-state index in [4.69, 9.17) is 5.21 Å². The Bertz CT molecular complexity index is 1550. The number of aliphatic hydroxyl groups is 1. The number of sulfonamides is 1. The van der Waals surface area contributed by atoms with Gasteiger partial charge in [-0.25, -0.2) is 13.2 Å². The van der Waals surface area contributed by atoms with E-state index < -0.39 is 40.2 Å². The average molecular weight is 667 g/mol. The summed E-state index contributed by atoms with van der Waals surface area (Å²) in [6.45, 7) is 7.31. The van der Waals surface area contributed by atoms with Crippen molar-refractivity contribution in [3.05, 3.63) is 102 Å². The van der Waals surface area contributed by atoms with E-state index in [2.05, 4.69) is 10.5 Å². The first-order chi connectivity index (χ1) is 22.3. The minimum Gasteiger partial charge on any atom is -0.465 e. The molecule has 0 aliphatic rings. The first-order valence-corrected chi connectivity index (χ1v) is 17.1. The normalized spacial score (nSPS) is 14.0. The zero-order valence-electron chi connectivity index (χ0n) is 27.3. The Kier molecular flexibility index (Phi) is 13.9. The Hall–Kier alpha value is -4.26. The van der Waals surface area contributed by atoms with Gasteiger partial charge in [0.25, 0.3) is 0 Å². The van der Waals surface area contributed by atoms with Crippen LogP contribution in [0, 0.1) is 11.8 Å². The van der Waals surface area contributed by atoms with Crippen molar-refractivity contribution in [2.24, 2.45) is 17.0 Å². The van der Waals surface area contributed by atoms with Gasteiger partial charge in [0.05, 0.1) is 23.3 Å². The third-order valence-corrected chi connectivity index (χ3v) is 9.44. The Morgan fingerprint density at radius 2 is 1.43 bits per heavy atom. The Labute approximate surface area is 277 Å². The molecule has 0 radical (unpaired) electrons. The molecule has 254 valence electrons. The van der Waals surface area contributed by atoms with E-state index in [9.17, 15) is 28.2 Å². The van der Waals surface area contributed by atoms with E-state index in [1.807, 2.05) is 64.1 Å². The lowest BCUT2D eigenvalue weighted by molar-refractivity contribution is -0.128. The molecule has 12 heteroatoms. The highest BCUT2D eigenvalue weighted by molar-refractivity contribution is 7.89. The minimum absolute atomic E-state index is 0.000839. The molecular weight excluding hydrogens is 620 g/mol. The van der Waals surface area contributed by atoms with Gasteiger partial charge in [-0.1, -0.05) is 106 Å². The maximum atomic E-state index is 14.0. The predicted molar refractivity (Wildman–Crippen MR) is 181 cm³/mol. The van der Waals surface area contributed by atoms with Gasteiger partial charge in [-0.05, 0) is 53.5 Å². The Balaban J connectivity index is 1.95. The number of oxime groups is 1. The van der Waals surface area contributed by atoms with Crippen LogP contribution in [-0.4, -0.2) is 82.5 Å². The van der Waals surface area contributed by atoms with Crippen molar-refractivity contribution >= 4 is 28.2 Å². The van der Waals surface area contributed by atoms with E-state index >= 15 is 0 Å². The van der Waals surface area contributed by atoms with Gasteiger partial charge in [0.1, 0.15) is 6.04 Å². The molecule has 0 spiro atoms. The van der Waals surface area contributed by atoms with E-state index in [1.165, 1.54) is 34.8 Å². The average Bonchev–Trinajstić information content (AvgIpc) is 3.03. The number of nitrogens with one attached hydrogen (secondary N) is 1. The van der Waals surface area contributed by atoms with Crippen molar-refractivity contribution in [3.63, 3.8) is 0 Å². The fourth-order valence-electron chi connectivity index (χ4n) is 5.30. The molecule has 0 bridgehead atoms. The zero-order valence-corrected chi connectivity index (χ0v) is 28.1. The molecular formula is C35H46N4O7S. The molecule has 3 aromatic rings. The first kappa shape index (κ1) is 37.2. The highest BCUT2D eigenvalue weighted by atomic mass is 32.2. The second-order valence-corrected chi connectivity index (χ2v) is 14.4. The van der Waals surface area contributed by atoms with Crippen LogP contribution in [-0.2, 0) is 27.8 Å². The summed E-state index contributed by atoms with van der Waals surface area (Å²) in [7, 11) is -4.08. The lowest BCUT2D eigenvalue weighted by atomic mass is 9.97. The summed E-state index contributed by atoms with van der Waals surface area (Å²) in [6.07, 6.45) is -0.996. The summed E-state index contributed by atoms with van der Waals surface area (Å²) >= 11 is 0. The summed E-state index contributed by atoms with van der Waals surface area (Å²) in [5, 5.41) is 36.6. The van der Waals surface area contributed by atoms with Crippen LogP contribution in [0.3, 0.4) is 0 Å². The van der Waals surface area contributed by atoms with Crippen molar-refractivity contribution in [2.45, 2.75) is 70.2 Å². The number of carbonyl (C=O) groups excluding carboxylic acids is 1. The first-order valence-electron chi connectivity index (χ1n) is 15.6. The summed E-state index contributed by atoms with van der Waals surface area (Å²) in [5.41, 5.74) is 2.03. The molecule has 3 rings (SSSR count). The van der Waals surface area contributed by atoms with Crippen LogP contribution < -0.4 is 5.32 Å². The molecule has 3 atom stereocenters. The van der Waals surface area contributed by atoms with Crippen molar-refractivity contribution in [1.82, 2.24) is 14.5 Å². The lowest BCUT2D eigenvalue weighted by Gasteiger charge is -2.34. The van der Waals surface area contributed by atoms with Gasteiger partial charge in [0.15, 0.2) is 0 Å². The van der Waals surface area contributed by atoms with Crippen molar-refractivity contribution in [2.75, 3.05) is 13.1 Å². The Morgan fingerprint density at radius 1 is 0.851 bits per heavy atom. The fraction of sp³-hybridized carbons (Fsp3) is 0.400. The fourth-order valence-corrected chi connectivity index (χ4v) is 6.92. The van der Waals surface area contributed by atoms with E-state index in [0.29, 0.717) is 5.56 Å². The standard InChI is InChI=1S/C35H46N4O7S/c1-25(2)19-32(39(35(42)43)23-29-13-9-6-10-14-29)34(41)37-31(20-27-11-7-5-8-12-27)33(40)24-38(22-26(3)4)47(45,46)30-17-15-28(16-18-30)21-36-44/h5-18,21,25-26,31-33,40,44H,19-20,22-24H2,1-4H3,(H,37,41)(H,42,43)/t31-,32-,33+/m0/s1. The molecule has 11 nitrogen and oxygen atoms in total. The van der Waals surface area contributed by atoms with Gasteiger partial charge < -0.3 is 20.7 Å². The third-order valence-electron chi connectivity index (χ3n) is 7.59. The lowest BCUT2D eigenvalue weighted by Crippen LogP contribution is -2.56. The van der Waals surface area contributed by atoms with Crippen LogP contribution in [0.5, 0.6) is 0 Å². The Morgan fingerprint density at radius 3 is 1.94 bits per heavy atom. The maximum Gasteiger partial charge on any atom is 0.408 e. The van der Waals surface area contributed by atoms with E-state index in [1.54, 1.807) is 24.3 Å². The van der Waals surface area contributed by atoms with Crippen LogP contribution >= 0.6 is 0 Å². The van der Waals surface area contributed by atoms with Gasteiger partial charge in [-0.3, -0.25) is 9.69 Å². The van der Waals surface area contributed by atoms with Crippen LogP contribution in [0.1, 0.15) is 50.8 Å². The van der Waals surface area contributed by atoms with Gasteiger partial charge in [-0.15, -0.1) is 0 Å². The number of carbonyl (C=O) groups is 2. The number of benzene rings is 3. The topological polar surface area (TPSA) is 160 Å². The van der Waals surface area contributed by atoms with Gasteiger partial charge in [-0.2, -0.15) is 4.31 Å². The molecule has 0 aliphatic carbocycles. The van der Waals surface area contributed by atoms with E-state index in [-0.39, 0.29) is 49.2 Å². The molecule has 47 heavy (non-hydrogen) atoms. The monoisotopic (exact) mass is 666 g/mol. The molecule has 0 saturated carbocycles. The number of hydrogen-bond acceptors (Lipinski definition) is 7. The van der Waals surface area contributed by atoms with Crippen LogP contribution in [0.25, 0.3) is 0 Å². The molecule has 0 aliphatic heterocycles. The smallest absolute Gasteiger partial charge is 0.408 e. The second-order valence-electron chi connectivity index (χ2n) is 12.4.